The maximum atomic E-state index is 11.5. The van der Waals surface area contributed by atoms with Crippen molar-refractivity contribution in [3.8, 4) is 0 Å². The van der Waals surface area contributed by atoms with Crippen LogP contribution in [0.15, 0.2) is 12.2 Å². The summed E-state index contributed by atoms with van der Waals surface area (Å²) in [6, 6.07) is -0.546. The predicted octanol–water partition coefficient (Wildman–Crippen LogP) is -0.105. The standard InChI is InChI=1S/C9H14N2O2/c1-6(2)9(13)11-5-3-4-7(11)8(10)12/h3-4,6-7H,5H2,1-2H3,(H2,10,12). The van der Waals surface area contributed by atoms with Gasteiger partial charge in [-0.05, 0) is 0 Å². The molecular formula is C9H14N2O2. The summed E-state index contributed by atoms with van der Waals surface area (Å²) < 4.78 is 0. The van der Waals surface area contributed by atoms with Crippen molar-refractivity contribution in [2.24, 2.45) is 11.7 Å². The van der Waals surface area contributed by atoms with Crippen molar-refractivity contribution in [2.75, 3.05) is 6.54 Å². The van der Waals surface area contributed by atoms with Crippen molar-refractivity contribution >= 4 is 11.8 Å². The molecule has 1 rings (SSSR count). The van der Waals surface area contributed by atoms with Crippen molar-refractivity contribution in [3.05, 3.63) is 12.2 Å². The summed E-state index contributed by atoms with van der Waals surface area (Å²) >= 11 is 0. The molecule has 0 saturated heterocycles. The minimum Gasteiger partial charge on any atom is -0.368 e. The van der Waals surface area contributed by atoms with E-state index in [2.05, 4.69) is 0 Å². The lowest BCUT2D eigenvalue weighted by atomic mass is 10.1. The third-order valence-electron chi connectivity index (χ3n) is 2.02. The van der Waals surface area contributed by atoms with E-state index < -0.39 is 11.9 Å². The van der Waals surface area contributed by atoms with Gasteiger partial charge in [0.05, 0.1) is 0 Å². The molecule has 0 saturated carbocycles. The van der Waals surface area contributed by atoms with E-state index in [1.165, 1.54) is 4.90 Å². The number of carbonyl (C=O) groups excluding carboxylic acids is 2. The molecule has 2 N–H and O–H groups in total. The summed E-state index contributed by atoms with van der Waals surface area (Å²) in [5, 5.41) is 0. The molecular weight excluding hydrogens is 168 g/mol. The number of rotatable bonds is 2. The molecule has 2 amide bonds. The SMILES string of the molecule is CC(C)C(=O)N1CC=CC1C(N)=O. The molecule has 0 fully saturated rings. The fourth-order valence-corrected chi connectivity index (χ4v) is 1.33. The predicted molar refractivity (Wildman–Crippen MR) is 48.7 cm³/mol. The van der Waals surface area contributed by atoms with Crippen molar-refractivity contribution in [2.45, 2.75) is 19.9 Å². The highest BCUT2D eigenvalue weighted by Gasteiger charge is 2.29. The minimum atomic E-state index is -0.546. The third kappa shape index (κ3) is 1.88. The second kappa shape index (κ2) is 3.60. The van der Waals surface area contributed by atoms with Crippen molar-refractivity contribution in [3.63, 3.8) is 0 Å². The van der Waals surface area contributed by atoms with Crippen LogP contribution in [0.5, 0.6) is 0 Å². The van der Waals surface area contributed by atoms with Gasteiger partial charge in [-0.2, -0.15) is 0 Å². The lowest BCUT2D eigenvalue weighted by molar-refractivity contribution is -0.139. The van der Waals surface area contributed by atoms with Crippen LogP contribution in [0.3, 0.4) is 0 Å². The van der Waals surface area contributed by atoms with Crippen LogP contribution in [-0.4, -0.2) is 29.3 Å². The van der Waals surface area contributed by atoms with E-state index in [1.807, 2.05) is 0 Å². The zero-order chi connectivity index (χ0) is 10.0. The summed E-state index contributed by atoms with van der Waals surface area (Å²) in [4.78, 5) is 23.9. The molecule has 1 aliphatic heterocycles. The molecule has 1 atom stereocenters. The largest absolute Gasteiger partial charge is 0.368 e. The lowest BCUT2D eigenvalue weighted by Crippen LogP contribution is -2.45. The van der Waals surface area contributed by atoms with Gasteiger partial charge >= 0.3 is 0 Å². The molecule has 4 nitrogen and oxygen atoms in total. The third-order valence-corrected chi connectivity index (χ3v) is 2.02. The molecule has 0 spiro atoms. The normalized spacial score (nSPS) is 21.2. The highest BCUT2D eigenvalue weighted by molar-refractivity contribution is 5.89. The number of amides is 2. The van der Waals surface area contributed by atoms with Crippen LogP contribution in [0, 0.1) is 5.92 Å². The summed E-state index contributed by atoms with van der Waals surface area (Å²) in [6.07, 6.45) is 3.46. The van der Waals surface area contributed by atoms with Gasteiger partial charge in [-0.3, -0.25) is 9.59 Å². The van der Waals surface area contributed by atoms with Gasteiger partial charge in [-0.15, -0.1) is 0 Å². The molecule has 0 aromatic rings. The molecule has 0 aliphatic carbocycles. The van der Waals surface area contributed by atoms with Crippen LogP contribution < -0.4 is 5.73 Å². The van der Waals surface area contributed by atoms with Crippen LogP contribution in [0.2, 0.25) is 0 Å². The second-order valence-corrected chi connectivity index (χ2v) is 3.42. The van der Waals surface area contributed by atoms with Gasteiger partial charge in [0, 0.05) is 12.5 Å². The fourth-order valence-electron chi connectivity index (χ4n) is 1.33. The van der Waals surface area contributed by atoms with E-state index >= 15 is 0 Å². The molecule has 1 unspecified atom stereocenters. The second-order valence-electron chi connectivity index (χ2n) is 3.42. The van der Waals surface area contributed by atoms with E-state index in [1.54, 1.807) is 26.0 Å². The molecule has 72 valence electrons. The number of hydrogen-bond acceptors (Lipinski definition) is 2. The van der Waals surface area contributed by atoms with Gasteiger partial charge in [0.1, 0.15) is 6.04 Å². The van der Waals surface area contributed by atoms with Gasteiger partial charge in [0.25, 0.3) is 0 Å². The highest BCUT2D eigenvalue weighted by Crippen LogP contribution is 2.12. The first-order chi connectivity index (χ1) is 6.04. The number of hydrogen-bond donors (Lipinski definition) is 1. The molecule has 0 aromatic carbocycles. The smallest absolute Gasteiger partial charge is 0.244 e. The summed E-state index contributed by atoms with van der Waals surface area (Å²) in [6.45, 7) is 4.10. The first-order valence-corrected chi connectivity index (χ1v) is 4.30. The molecule has 0 radical (unpaired) electrons. The monoisotopic (exact) mass is 182 g/mol. The number of primary amides is 1. The Bertz CT molecular complexity index is 258. The average Bonchev–Trinajstić information content (AvgIpc) is 2.50. The molecule has 4 heteroatoms. The van der Waals surface area contributed by atoms with Gasteiger partial charge in [-0.25, -0.2) is 0 Å². The molecule has 1 aliphatic rings. The van der Waals surface area contributed by atoms with E-state index in [9.17, 15) is 9.59 Å². The Morgan fingerprint density at radius 2 is 2.15 bits per heavy atom. The Morgan fingerprint density at radius 1 is 1.54 bits per heavy atom. The molecule has 0 bridgehead atoms. The quantitative estimate of drug-likeness (QED) is 0.606. The van der Waals surface area contributed by atoms with Gasteiger partial charge in [0.15, 0.2) is 0 Å². The summed E-state index contributed by atoms with van der Waals surface area (Å²) in [5.74, 6) is -0.599. The molecule has 0 aromatic heterocycles. The summed E-state index contributed by atoms with van der Waals surface area (Å²) in [5.41, 5.74) is 5.14. The van der Waals surface area contributed by atoms with Gasteiger partial charge in [-0.1, -0.05) is 26.0 Å². The number of nitrogens with two attached hydrogens (primary N) is 1. The Kier molecular flexibility index (Phi) is 2.70. The first-order valence-electron chi connectivity index (χ1n) is 4.30. The van der Waals surface area contributed by atoms with Crippen LogP contribution in [0.25, 0.3) is 0 Å². The molecule has 13 heavy (non-hydrogen) atoms. The van der Waals surface area contributed by atoms with Crippen molar-refractivity contribution < 1.29 is 9.59 Å². The first kappa shape index (κ1) is 9.77. The van der Waals surface area contributed by atoms with E-state index in [0.717, 1.165) is 0 Å². The maximum Gasteiger partial charge on any atom is 0.244 e. The van der Waals surface area contributed by atoms with Gasteiger partial charge < -0.3 is 10.6 Å². The van der Waals surface area contributed by atoms with E-state index in [4.69, 9.17) is 5.73 Å². The lowest BCUT2D eigenvalue weighted by Gasteiger charge is -2.23. The van der Waals surface area contributed by atoms with Crippen LogP contribution >= 0.6 is 0 Å². The Morgan fingerprint density at radius 3 is 2.62 bits per heavy atom. The minimum absolute atomic E-state index is 0.0335. The topological polar surface area (TPSA) is 63.4 Å². The van der Waals surface area contributed by atoms with Crippen LogP contribution in [-0.2, 0) is 9.59 Å². The maximum absolute atomic E-state index is 11.5. The van der Waals surface area contributed by atoms with Gasteiger partial charge in [0.2, 0.25) is 11.8 Å². The number of carbonyl (C=O) groups is 2. The van der Waals surface area contributed by atoms with Crippen molar-refractivity contribution in [1.29, 1.82) is 0 Å². The van der Waals surface area contributed by atoms with E-state index in [0.29, 0.717) is 6.54 Å². The van der Waals surface area contributed by atoms with Crippen molar-refractivity contribution in [1.82, 2.24) is 4.90 Å². The zero-order valence-corrected chi connectivity index (χ0v) is 7.86. The van der Waals surface area contributed by atoms with Crippen LogP contribution in [0.4, 0.5) is 0 Å². The average molecular weight is 182 g/mol. The Labute approximate surface area is 77.4 Å². The Balaban J connectivity index is 2.72. The summed E-state index contributed by atoms with van der Waals surface area (Å²) in [7, 11) is 0. The molecule has 1 heterocycles. The fraction of sp³-hybridized carbons (Fsp3) is 0.556. The highest BCUT2D eigenvalue weighted by atomic mass is 16.2. The van der Waals surface area contributed by atoms with E-state index in [-0.39, 0.29) is 11.8 Å². The number of nitrogens with zero attached hydrogens (tertiary/aromatic N) is 1. The Hall–Kier alpha value is -1.32. The zero-order valence-electron chi connectivity index (χ0n) is 7.86. The van der Waals surface area contributed by atoms with Crippen LogP contribution in [0.1, 0.15) is 13.8 Å².